The lowest BCUT2D eigenvalue weighted by Crippen LogP contribution is -1.78. The van der Waals surface area contributed by atoms with E-state index < -0.39 is 5.97 Å². The van der Waals surface area contributed by atoms with Crippen molar-refractivity contribution in [2.45, 2.75) is 6.92 Å². The molecule has 0 aliphatic heterocycles. The minimum atomic E-state index is -0.833. The SMILES string of the molecule is CC(=O)O.Clc1cccs1. The summed E-state index contributed by atoms with van der Waals surface area (Å²) < 4.78 is 0.856. The molecular weight excluding hydrogens is 172 g/mol. The summed E-state index contributed by atoms with van der Waals surface area (Å²) in [6.45, 7) is 1.08. The highest BCUT2D eigenvalue weighted by Crippen LogP contribution is 2.13. The number of halogens is 1. The van der Waals surface area contributed by atoms with Gasteiger partial charge in [0, 0.05) is 6.92 Å². The maximum absolute atomic E-state index is 9.00. The van der Waals surface area contributed by atoms with Crippen LogP contribution in [0.1, 0.15) is 6.92 Å². The van der Waals surface area contributed by atoms with Crippen LogP contribution in [-0.2, 0) is 4.79 Å². The zero-order valence-corrected chi connectivity index (χ0v) is 6.95. The highest BCUT2D eigenvalue weighted by atomic mass is 35.5. The molecule has 56 valence electrons. The van der Waals surface area contributed by atoms with E-state index in [1.807, 2.05) is 17.5 Å². The van der Waals surface area contributed by atoms with Crippen molar-refractivity contribution in [2.24, 2.45) is 0 Å². The Morgan fingerprint density at radius 2 is 2.30 bits per heavy atom. The lowest BCUT2D eigenvalue weighted by atomic mass is 10.7. The summed E-state index contributed by atoms with van der Waals surface area (Å²) in [7, 11) is 0. The summed E-state index contributed by atoms with van der Waals surface area (Å²) in [6.07, 6.45) is 0. The summed E-state index contributed by atoms with van der Waals surface area (Å²) in [5.41, 5.74) is 0. The first kappa shape index (κ1) is 9.46. The average Bonchev–Trinajstić information content (AvgIpc) is 2.15. The molecule has 0 aliphatic rings. The van der Waals surface area contributed by atoms with Crippen LogP contribution in [0.2, 0.25) is 4.34 Å². The Hall–Kier alpha value is -0.540. The molecule has 0 fully saturated rings. The number of hydrogen-bond donors (Lipinski definition) is 1. The minimum Gasteiger partial charge on any atom is -0.481 e. The third-order valence-corrected chi connectivity index (χ3v) is 1.53. The normalized spacial score (nSPS) is 7.80. The smallest absolute Gasteiger partial charge is 0.300 e. The van der Waals surface area contributed by atoms with Gasteiger partial charge in [-0.15, -0.1) is 11.3 Å². The first-order valence-corrected chi connectivity index (χ1v) is 3.77. The molecule has 0 atom stereocenters. The fourth-order valence-electron chi connectivity index (χ4n) is 0.259. The Balaban J connectivity index is 0.000000180. The van der Waals surface area contributed by atoms with E-state index >= 15 is 0 Å². The van der Waals surface area contributed by atoms with Gasteiger partial charge in [0.15, 0.2) is 0 Å². The highest BCUT2D eigenvalue weighted by molar-refractivity contribution is 7.14. The Morgan fingerprint density at radius 3 is 2.40 bits per heavy atom. The zero-order valence-electron chi connectivity index (χ0n) is 5.37. The minimum absolute atomic E-state index is 0.833. The molecule has 1 N–H and O–H groups in total. The van der Waals surface area contributed by atoms with Crippen LogP contribution < -0.4 is 0 Å². The number of carbonyl (C=O) groups is 1. The third-order valence-electron chi connectivity index (χ3n) is 0.486. The highest BCUT2D eigenvalue weighted by Gasteiger charge is 1.77. The molecule has 0 spiro atoms. The van der Waals surface area contributed by atoms with E-state index in [1.165, 1.54) is 0 Å². The second-order valence-electron chi connectivity index (χ2n) is 1.44. The summed E-state index contributed by atoms with van der Waals surface area (Å²) in [5.74, 6) is -0.833. The van der Waals surface area contributed by atoms with E-state index in [9.17, 15) is 0 Å². The number of thiophene rings is 1. The van der Waals surface area contributed by atoms with Crippen molar-refractivity contribution in [3.63, 3.8) is 0 Å². The van der Waals surface area contributed by atoms with Crippen LogP contribution in [0.15, 0.2) is 17.5 Å². The summed E-state index contributed by atoms with van der Waals surface area (Å²) in [5, 5.41) is 9.36. The van der Waals surface area contributed by atoms with E-state index in [0.717, 1.165) is 11.3 Å². The van der Waals surface area contributed by atoms with Crippen LogP contribution in [-0.4, -0.2) is 11.1 Å². The maximum Gasteiger partial charge on any atom is 0.300 e. The molecule has 1 rings (SSSR count). The predicted octanol–water partition coefficient (Wildman–Crippen LogP) is 2.49. The van der Waals surface area contributed by atoms with E-state index in [-0.39, 0.29) is 0 Å². The second-order valence-corrected chi connectivity index (χ2v) is 3.02. The zero-order chi connectivity index (χ0) is 7.98. The van der Waals surface area contributed by atoms with Crippen LogP contribution in [0.3, 0.4) is 0 Å². The van der Waals surface area contributed by atoms with Crippen molar-refractivity contribution in [3.8, 4) is 0 Å². The van der Waals surface area contributed by atoms with Gasteiger partial charge in [0.1, 0.15) is 0 Å². The molecule has 0 aliphatic carbocycles. The Bertz CT molecular complexity index is 180. The molecule has 0 bridgehead atoms. The molecule has 0 saturated heterocycles. The number of carboxylic acid groups (broad SMARTS) is 1. The molecule has 0 unspecified atom stereocenters. The van der Waals surface area contributed by atoms with Crippen LogP contribution in [0.25, 0.3) is 0 Å². The number of carboxylic acids is 1. The quantitative estimate of drug-likeness (QED) is 0.663. The lowest BCUT2D eigenvalue weighted by Gasteiger charge is -1.62. The van der Waals surface area contributed by atoms with Crippen molar-refractivity contribution in [1.82, 2.24) is 0 Å². The van der Waals surface area contributed by atoms with Crippen molar-refractivity contribution in [3.05, 3.63) is 21.8 Å². The van der Waals surface area contributed by atoms with Crippen molar-refractivity contribution < 1.29 is 9.90 Å². The first-order valence-electron chi connectivity index (χ1n) is 2.51. The number of aliphatic carboxylic acids is 1. The third kappa shape index (κ3) is 7.46. The van der Waals surface area contributed by atoms with E-state index in [0.29, 0.717) is 0 Å². The molecule has 1 aromatic rings. The number of hydrogen-bond acceptors (Lipinski definition) is 2. The first-order chi connectivity index (χ1) is 4.63. The standard InChI is InChI=1S/C4H3ClS.C2H4O2/c5-4-2-1-3-6-4;1-2(3)4/h1-3H;1H3,(H,3,4). The summed E-state index contributed by atoms with van der Waals surface area (Å²) >= 11 is 7.02. The molecule has 0 amide bonds. The van der Waals surface area contributed by atoms with Gasteiger partial charge in [0.05, 0.1) is 4.34 Å². The van der Waals surface area contributed by atoms with E-state index in [2.05, 4.69) is 0 Å². The molecule has 2 nitrogen and oxygen atoms in total. The average molecular weight is 179 g/mol. The van der Waals surface area contributed by atoms with Gasteiger partial charge in [-0.3, -0.25) is 4.79 Å². The van der Waals surface area contributed by atoms with Gasteiger partial charge in [0.2, 0.25) is 0 Å². The van der Waals surface area contributed by atoms with Crippen LogP contribution in [0.5, 0.6) is 0 Å². The van der Waals surface area contributed by atoms with E-state index in [1.54, 1.807) is 11.3 Å². The van der Waals surface area contributed by atoms with Gasteiger partial charge < -0.3 is 5.11 Å². The van der Waals surface area contributed by atoms with Gasteiger partial charge in [0.25, 0.3) is 5.97 Å². The Morgan fingerprint density at radius 1 is 1.80 bits per heavy atom. The molecule has 0 aromatic carbocycles. The maximum atomic E-state index is 9.00. The molecule has 1 heterocycles. The molecule has 0 radical (unpaired) electrons. The molecule has 10 heavy (non-hydrogen) atoms. The van der Waals surface area contributed by atoms with Crippen LogP contribution in [0.4, 0.5) is 0 Å². The second kappa shape index (κ2) is 5.26. The molecule has 4 heteroatoms. The Labute approximate surface area is 68.1 Å². The fraction of sp³-hybridized carbons (Fsp3) is 0.167. The van der Waals surface area contributed by atoms with Gasteiger partial charge in [-0.25, -0.2) is 0 Å². The summed E-state index contributed by atoms with van der Waals surface area (Å²) in [6, 6.07) is 3.79. The van der Waals surface area contributed by atoms with E-state index in [4.69, 9.17) is 21.5 Å². The van der Waals surface area contributed by atoms with Gasteiger partial charge in [-0.05, 0) is 17.5 Å². The largest absolute Gasteiger partial charge is 0.481 e. The topological polar surface area (TPSA) is 37.3 Å². The van der Waals surface area contributed by atoms with Gasteiger partial charge in [-0.1, -0.05) is 11.6 Å². The van der Waals surface area contributed by atoms with Crippen molar-refractivity contribution in [2.75, 3.05) is 0 Å². The summed E-state index contributed by atoms with van der Waals surface area (Å²) in [4.78, 5) is 9.00. The Kier molecular flexibility index (Phi) is 4.98. The van der Waals surface area contributed by atoms with Crippen molar-refractivity contribution in [1.29, 1.82) is 0 Å². The molecule has 1 aromatic heterocycles. The molecular formula is C6H7ClO2S. The lowest BCUT2D eigenvalue weighted by molar-refractivity contribution is -0.134. The fourth-order valence-corrected chi connectivity index (χ4v) is 0.930. The number of rotatable bonds is 0. The van der Waals surface area contributed by atoms with Gasteiger partial charge in [-0.2, -0.15) is 0 Å². The monoisotopic (exact) mass is 178 g/mol. The molecule has 0 saturated carbocycles. The van der Waals surface area contributed by atoms with Crippen LogP contribution in [0, 0.1) is 0 Å². The van der Waals surface area contributed by atoms with Gasteiger partial charge >= 0.3 is 0 Å². The van der Waals surface area contributed by atoms with Crippen LogP contribution >= 0.6 is 22.9 Å². The van der Waals surface area contributed by atoms with Crippen molar-refractivity contribution >= 4 is 28.9 Å². The predicted molar refractivity (Wildman–Crippen MR) is 42.6 cm³/mol.